The van der Waals surface area contributed by atoms with Gasteiger partial charge in [0.25, 0.3) is 0 Å². The highest BCUT2D eigenvalue weighted by Gasteiger charge is 2.08. The fraction of sp³-hybridized carbons (Fsp3) is 0.150. The molecule has 0 amide bonds. The van der Waals surface area contributed by atoms with Gasteiger partial charge in [0.2, 0.25) is 5.88 Å². The van der Waals surface area contributed by atoms with Crippen LogP contribution in [0, 0.1) is 6.92 Å². The van der Waals surface area contributed by atoms with Gasteiger partial charge < -0.3 is 4.74 Å². The van der Waals surface area contributed by atoms with Gasteiger partial charge in [-0.2, -0.15) is 4.98 Å². The highest BCUT2D eigenvalue weighted by atomic mass is 35.5. The maximum Gasteiger partial charge on any atom is 0.223 e. The minimum Gasteiger partial charge on any atom is -0.439 e. The van der Waals surface area contributed by atoms with E-state index in [0.717, 1.165) is 16.3 Å². The monoisotopic (exact) mass is 384 g/mol. The lowest BCUT2D eigenvalue weighted by Gasteiger charge is -2.08. The van der Waals surface area contributed by atoms with Crippen LogP contribution in [-0.4, -0.2) is 15.8 Å². The van der Waals surface area contributed by atoms with Gasteiger partial charge in [-0.15, -0.1) is 0 Å². The lowest BCUT2D eigenvalue weighted by atomic mass is 10.1. The van der Waals surface area contributed by atoms with Crippen molar-refractivity contribution in [2.75, 3.05) is 0 Å². The molecule has 132 valence electrons. The van der Waals surface area contributed by atoms with Gasteiger partial charge in [0.05, 0.1) is 0 Å². The maximum absolute atomic E-state index is 11.3. The van der Waals surface area contributed by atoms with Crippen LogP contribution >= 0.6 is 23.4 Å². The highest BCUT2D eigenvalue weighted by Crippen LogP contribution is 2.27. The van der Waals surface area contributed by atoms with Crippen molar-refractivity contribution in [1.29, 1.82) is 0 Å². The molecule has 0 aliphatic rings. The molecule has 0 N–H and O–H groups in total. The molecule has 0 aliphatic heterocycles. The summed E-state index contributed by atoms with van der Waals surface area (Å²) in [5.41, 5.74) is 2.50. The average molecular weight is 385 g/mol. The van der Waals surface area contributed by atoms with E-state index in [2.05, 4.69) is 9.97 Å². The summed E-state index contributed by atoms with van der Waals surface area (Å²) < 4.78 is 5.81. The van der Waals surface area contributed by atoms with Crippen molar-refractivity contribution in [1.82, 2.24) is 9.97 Å². The van der Waals surface area contributed by atoms with Crippen LogP contribution in [0.1, 0.15) is 28.5 Å². The molecule has 6 heteroatoms. The third-order valence-electron chi connectivity index (χ3n) is 3.61. The smallest absolute Gasteiger partial charge is 0.223 e. The quantitative estimate of drug-likeness (QED) is 0.309. The van der Waals surface area contributed by atoms with Gasteiger partial charge in [-0.3, -0.25) is 4.79 Å². The summed E-state index contributed by atoms with van der Waals surface area (Å²) in [6.45, 7) is 3.43. The number of ketones is 1. The summed E-state index contributed by atoms with van der Waals surface area (Å²) in [6.07, 6.45) is 0. The minimum absolute atomic E-state index is 0.0210. The van der Waals surface area contributed by atoms with Crippen molar-refractivity contribution in [3.8, 4) is 11.6 Å². The molecular formula is C20H17ClN2O2S. The Morgan fingerprint density at radius 2 is 1.85 bits per heavy atom. The molecule has 2 aromatic carbocycles. The van der Waals surface area contributed by atoms with Crippen molar-refractivity contribution in [2.45, 2.75) is 24.8 Å². The lowest BCUT2D eigenvalue weighted by Crippen LogP contribution is -1.96. The summed E-state index contributed by atoms with van der Waals surface area (Å²) >= 11 is 7.69. The van der Waals surface area contributed by atoms with Gasteiger partial charge in [-0.05, 0) is 49.7 Å². The molecule has 3 rings (SSSR count). The zero-order valence-electron chi connectivity index (χ0n) is 14.4. The first kappa shape index (κ1) is 18.4. The van der Waals surface area contributed by atoms with Crippen molar-refractivity contribution >= 4 is 29.1 Å². The zero-order valence-corrected chi connectivity index (χ0v) is 16.0. The van der Waals surface area contributed by atoms with Crippen LogP contribution in [0.2, 0.25) is 5.02 Å². The van der Waals surface area contributed by atoms with Crippen LogP contribution in [0.3, 0.4) is 0 Å². The molecule has 1 aromatic heterocycles. The average Bonchev–Trinajstić information content (AvgIpc) is 2.61. The number of rotatable bonds is 6. The number of aromatic nitrogens is 2. The number of nitrogens with zero attached hydrogens (tertiary/aromatic N) is 2. The van der Waals surface area contributed by atoms with Crippen molar-refractivity contribution in [3.05, 3.63) is 76.4 Å². The van der Waals surface area contributed by atoms with Crippen LogP contribution < -0.4 is 4.74 Å². The normalized spacial score (nSPS) is 10.6. The molecule has 0 spiro atoms. The van der Waals surface area contributed by atoms with Gasteiger partial charge in [0, 0.05) is 28.1 Å². The van der Waals surface area contributed by atoms with E-state index in [0.29, 0.717) is 28.1 Å². The number of hydrogen-bond donors (Lipinski definition) is 0. The summed E-state index contributed by atoms with van der Waals surface area (Å²) in [7, 11) is 0. The van der Waals surface area contributed by atoms with Crippen molar-refractivity contribution in [3.63, 3.8) is 0 Å². The van der Waals surface area contributed by atoms with Gasteiger partial charge >= 0.3 is 0 Å². The minimum atomic E-state index is 0.0210. The van der Waals surface area contributed by atoms with E-state index in [1.165, 1.54) is 18.7 Å². The molecule has 0 saturated carbocycles. The number of halogens is 1. The number of carbonyl (C=O) groups is 1. The fourth-order valence-electron chi connectivity index (χ4n) is 2.27. The van der Waals surface area contributed by atoms with Crippen LogP contribution in [0.4, 0.5) is 0 Å². The second-order valence-electron chi connectivity index (χ2n) is 5.69. The molecule has 0 atom stereocenters. The van der Waals surface area contributed by atoms with Gasteiger partial charge in [0.15, 0.2) is 10.9 Å². The van der Waals surface area contributed by atoms with E-state index in [9.17, 15) is 4.79 Å². The van der Waals surface area contributed by atoms with E-state index in [1.807, 2.05) is 31.2 Å². The molecular weight excluding hydrogens is 368 g/mol. The molecule has 1 heterocycles. The van der Waals surface area contributed by atoms with Crippen LogP contribution in [0.25, 0.3) is 0 Å². The zero-order chi connectivity index (χ0) is 18.5. The maximum atomic E-state index is 11.3. The highest BCUT2D eigenvalue weighted by molar-refractivity contribution is 7.98. The van der Waals surface area contributed by atoms with E-state index in [1.54, 1.807) is 30.3 Å². The number of ether oxygens (including phenoxy) is 1. The van der Waals surface area contributed by atoms with Gasteiger partial charge in [-0.1, -0.05) is 41.6 Å². The molecule has 0 aliphatic carbocycles. The third kappa shape index (κ3) is 4.84. The number of Topliss-reactive ketones (excluding diaryl/α,β-unsaturated/α-hetero) is 1. The first-order valence-corrected chi connectivity index (χ1v) is 9.38. The van der Waals surface area contributed by atoms with Crippen LogP contribution in [-0.2, 0) is 5.75 Å². The molecule has 4 nitrogen and oxygen atoms in total. The van der Waals surface area contributed by atoms with E-state index >= 15 is 0 Å². The number of aryl methyl sites for hydroxylation is 1. The molecule has 0 saturated heterocycles. The largest absolute Gasteiger partial charge is 0.439 e. The van der Waals surface area contributed by atoms with Crippen molar-refractivity contribution in [2.24, 2.45) is 0 Å². The van der Waals surface area contributed by atoms with Crippen LogP contribution in [0.5, 0.6) is 11.6 Å². The van der Waals surface area contributed by atoms with Gasteiger partial charge in [0.1, 0.15) is 5.75 Å². The van der Waals surface area contributed by atoms with E-state index < -0.39 is 0 Å². The SMILES string of the molecule is CC(=O)c1ccc(Oc2cc(C)nc(SCc3ccccc3Cl)n2)cc1. The summed E-state index contributed by atoms with van der Waals surface area (Å²) in [5.74, 6) is 1.79. The molecule has 0 fully saturated rings. The number of benzene rings is 2. The third-order valence-corrected chi connectivity index (χ3v) is 4.87. The Morgan fingerprint density at radius 1 is 1.12 bits per heavy atom. The predicted octanol–water partition coefficient (Wildman–Crippen LogP) is 5.73. The molecule has 0 bridgehead atoms. The Labute approximate surface area is 161 Å². The Hall–Kier alpha value is -2.37. The molecule has 0 unspecified atom stereocenters. The molecule has 3 aromatic rings. The summed E-state index contributed by atoms with van der Waals surface area (Å²) in [6, 6.07) is 16.5. The first-order chi connectivity index (χ1) is 12.5. The lowest BCUT2D eigenvalue weighted by molar-refractivity contribution is 0.101. The number of carbonyl (C=O) groups excluding carboxylic acids is 1. The Balaban J connectivity index is 1.73. The van der Waals surface area contributed by atoms with Crippen molar-refractivity contribution < 1.29 is 9.53 Å². The standard InChI is InChI=1S/C20H17ClN2O2S/c1-13-11-19(25-17-9-7-15(8-10-17)14(2)24)23-20(22-13)26-12-16-5-3-4-6-18(16)21/h3-11H,12H2,1-2H3. The van der Waals surface area contributed by atoms with E-state index in [-0.39, 0.29) is 5.78 Å². The first-order valence-electron chi connectivity index (χ1n) is 8.02. The Morgan fingerprint density at radius 3 is 2.54 bits per heavy atom. The van der Waals surface area contributed by atoms with Gasteiger partial charge in [-0.25, -0.2) is 4.98 Å². The second-order valence-corrected chi connectivity index (χ2v) is 7.04. The fourth-order valence-corrected chi connectivity index (χ4v) is 3.45. The summed E-state index contributed by atoms with van der Waals surface area (Å²) in [5, 5.41) is 1.36. The second kappa shape index (κ2) is 8.34. The number of thioether (sulfide) groups is 1. The van der Waals surface area contributed by atoms with Crippen LogP contribution in [0.15, 0.2) is 59.8 Å². The number of hydrogen-bond acceptors (Lipinski definition) is 5. The molecule has 0 radical (unpaired) electrons. The Bertz CT molecular complexity index is 929. The predicted molar refractivity (Wildman–Crippen MR) is 104 cm³/mol. The Kier molecular flexibility index (Phi) is 5.91. The molecule has 26 heavy (non-hydrogen) atoms. The van der Waals surface area contributed by atoms with E-state index in [4.69, 9.17) is 16.3 Å². The summed E-state index contributed by atoms with van der Waals surface area (Å²) in [4.78, 5) is 20.2. The topological polar surface area (TPSA) is 52.1 Å².